The van der Waals surface area contributed by atoms with Gasteiger partial charge in [0.2, 0.25) is 9.84 Å². The Kier molecular flexibility index (Phi) is 4.61. The van der Waals surface area contributed by atoms with Crippen LogP contribution in [0.15, 0.2) is 58.3 Å². The summed E-state index contributed by atoms with van der Waals surface area (Å²) in [5.74, 6) is -0.107. The monoisotopic (exact) mass is 366 g/mol. The summed E-state index contributed by atoms with van der Waals surface area (Å²) in [7, 11) is -1.98. The summed E-state index contributed by atoms with van der Waals surface area (Å²) < 4.78 is 29.0. The van der Waals surface area contributed by atoms with E-state index in [-0.39, 0.29) is 10.5 Å². The Morgan fingerprint density at radius 3 is 2.73 bits per heavy atom. The number of amides is 1. The molecular weight excluding hydrogens is 352 g/mol. The zero-order valence-electron chi connectivity index (χ0n) is 13.8. The fraction of sp³-hybridized carbons (Fsp3) is 0.0526. The van der Waals surface area contributed by atoms with Crippen molar-refractivity contribution in [1.82, 2.24) is 0 Å². The van der Waals surface area contributed by atoms with Crippen molar-refractivity contribution in [2.75, 3.05) is 12.4 Å². The number of rotatable bonds is 4. The van der Waals surface area contributed by atoms with E-state index in [4.69, 9.17) is 4.74 Å². The van der Waals surface area contributed by atoms with Gasteiger partial charge in [-0.2, -0.15) is 5.26 Å². The van der Waals surface area contributed by atoms with E-state index in [1.165, 1.54) is 25.3 Å². The number of para-hydroxylation sites is 1. The molecule has 0 fully saturated rings. The number of anilines is 1. The van der Waals surface area contributed by atoms with E-state index < -0.39 is 15.7 Å². The first-order chi connectivity index (χ1) is 12.4. The van der Waals surface area contributed by atoms with E-state index in [0.717, 1.165) is 5.41 Å². The highest BCUT2D eigenvalue weighted by Gasteiger charge is 2.21. The number of benzene rings is 2. The van der Waals surface area contributed by atoms with Crippen LogP contribution in [0.5, 0.6) is 5.75 Å². The first kappa shape index (κ1) is 17.5. The molecule has 0 atom stereocenters. The molecule has 0 saturated heterocycles. The maximum atomic E-state index is 12.4. The molecule has 0 aliphatic carbocycles. The third kappa shape index (κ3) is 3.36. The predicted molar refractivity (Wildman–Crippen MR) is 97.9 cm³/mol. The minimum absolute atomic E-state index is 0.127. The van der Waals surface area contributed by atoms with Crippen LogP contribution in [0.1, 0.15) is 11.1 Å². The summed E-state index contributed by atoms with van der Waals surface area (Å²) in [4.78, 5) is 12.5. The second kappa shape index (κ2) is 6.86. The molecule has 0 saturated carbocycles. The van der Waals surface area contributed by atoms with Gasteiger partial charge in [0, 0.05) is 16.7 Å². The maximum absolute atomic E-state index is 12.4. The Labute approximate surface area is 151 Å². The van der Waals surface area contributed by atoms with Crippen LogP contribution in [0, 0.1) is 11.3 Å². The van der Waals surface area contributed by atoms with Crippen LogP contribution in [-0.2, 0) is 14.6 Å². The molecule has 26 heavy (non-hydrogen) atoms. The first-order valence-corrected chi connectivity index (χ1v) is 9.12. The van der Waals surface area contributed by atoms with Crippen LogP contribution < -0.4 is 10.1 Å². The molecule has 0 unspecified atom stereocenters. The zero-order valence-corrected chi connectivity index (χ0v) is 14.6. The lowest BCUT2D eigenvalue weighted by molar-refractivity contribution is -0.112. The molecule has 1 aliphatic rings. The van der Waals surface area contributed by atoms with Crippen LogP contribution in [0.4, 0.5) is 5.69 Å². The van der Waals surface area contributed by atoms with Crippen LogP contribution in [0.2, 0.25) is 0 Å². The molecule has 1 heterocycles. The number of nitrogens with one attached hydrogen (secondary N) is 1. The molecule has 0 bridgehead atoms. The van der Waals surface area contributed by atoms with Gasteiger partial charge in [-0.1, -0.05) is 24.3 Å². The lowest BCUT2D eigenvalue weighted by atomic mass is 10.1. The van der Waals surface area contributed by atoms with Gasteiger partial charge < -0.3 is 10.1 Å². The summed E-state index contributed by atoms with van der Waals surface area (Å²) >= 11 is 0. The van der Waals surface area contributed by atoms with Crippen molar-refractivity contribution in [3.8, 4) is 11.8 Å². The molecule has 0 radical (unpaired) electrons. The van der Waals surface area contributed by atoms with Crippen molar-refractivity contribution in [1.29, 1.82) is 5.26 Å². The third-order valence-corrected chi connectivity index (χ3v) is 5.27. The third-order valence-electron chi connectivity index (χ3n) is 3.81. The van der Waals surface area contributed by atoms with Crippen molar-refractivity contribution < 1.29 is 17.9 Å². The highest BCUT2D eigenvalue weighted by Crippen LogP contribution is 2.29. The van der Waals surface area contributed by atoms with Crippen LogP contribution in [0.25, 0.3) is 12.2 Å². The van der Waals surface area contributed by atoms with E-state index in [9.17, 15) is 18.5 Å². The molecule has 3 rings (SSSR count). The average molecular weight is 366 g/mol. The van der Waals surface area contributed by atoms with Gasteiger partial charge in [0.05, 0.1) is 12.0 Å². The summed E-state index contributed by atoms with van der Waals surface area (Å²) in [5.41, 5.74) is 1.31. The molecule has 0 spiro atoms. The number of hydrogen-bond acceptors (Lipinski definition) is 5. The topological polar surface area (TPSA) is 96.3 Å². The van der Waals surface area contributed by atoms with E-state index in [1.54, 1.807) is 36.4 Å². The van der Waals surface area contributed by atoms with E-state index in [0.29, 0.717) is 22.6 Å². The van der Waals surface area contributed by atoms with Gasteiger partial charge in [-0.3, -0.25) is 4.79 Å². The lowest BCUT2D eigenvalue weighted by Gasteiger charge is -2.08. The number of sulfone groups is 1. The minimum atomic E-state index is -3.48. The Balaban J connectivity index is 1.88. The molecular formula is C19H14N2O4S. The Morgan fingerprint density at radius 1 is 1.23 bits per heavy atom. The Hall–Kier alpha value is -3.37. The summed E-state index contributed by atoms with van der Waals surface area (Å²) in [6.07, 6.45) is 2.92. The minimum Gasteiger partial charge on any atom is -0.496 e. The van der Waals surface area contributed by atoms with Crippen LogP contribution >= 0.6 is 0 Å². The number of carbonyl (C=O) groups excluding carboxylic acids is 1. The number of methoxy groups -OCH3 is 1. The first-order valence-electron chi connectivity index (χ1n) is 7.58. The normalized spacial score (nSPS) is 14.4. The van der Waals surface area contributed by atoms with Gasteiger partial charge in [0.1, 0.15) is 17.4 Å². The number of nitrogens with zero attached hydrogens (tertiary/aromatic N) is 1. The quantitative estimate of drug-likeness (QED) is 0.663. The number of nitriles is 1. The van der Waals surface area contributed by atoms with Gasteiger partial charge in [-0.25, -0.2) is 8.42 Å². The van der Waals surface area contributed by atoms with E-state index >= 15 is 0 Å². The summed E-state index contributed by atoms with van der Waals surface area (Å²) in [6, 6.07) is 13.4. The van der Waals surface area contributed by atoms with E-state index in [2.05, 4.69) is 5.32 Å². The Morgan fingerprint density at radius 2 is 2.00 bits per heavy atom. The number of hydrogen-bond donors (Lipinski definition) is 1. The second-order valence-electron chi connectivity index (χ2n) is 5.47. The molecule has 2 aromatic rings. The van der Waals surface area contributed by atoms with Crippen molar-refractivity contribution in [3.05, 3.63) is 64.6 Å². The lowest BCUT2D eigenvalue weighted by Crippen LogP contribution is -2.14. The molecule has 1 N–H and O–H groups in total. The maximum Gasteiger partial charge on any atom is 0.266 e. The highest BCUT2D eigenvalue weighted by atomic mass is 32.2. The van der Waals surface area contributed by atoms with Gasteiger partial charge in [-0.15, -0.1) is 0 Å². The van der Waals surface area contributed by atoms with Gasteiger partial charge in [-0.05, 0) is 35.9 Å². The van der Waals surface area contributed by atoms with Crippen LogP contribution in [-0.4, -0.2) is 21.4 Å². The molecule has 1 aliphatic heterocycles. The number of fused-ring (bicyclic) bond motifs is 1. The molecule has 7 heteroatoms. The van der Waals surface area contributed by atoms with Crippen molar-refractivity contribution >= 4 is 33.6 Å². The number of ether oxygens (including phenoxy) is 1. The zero-order chi connectivity index (χ0) is 18.7. The average Bonchev–Trinajstić information content (AvgIpc) is 2.94. The Bertz CT molecular complexity index is 1090. The molecule has 0 aromatic heterocycles. The van der Waals surface area contributed by atoms with Crippen LogP contribution in [0.3, 0.4) is 0 Å². The summed E-state index contributed by atoms with van der Waals surface area (Å²) in [5, 5.41) is 13.0. The highest BCUT2D eigenvalue weighted by molar-refractivity contribution is 7.94. The fourth-order valence-electron chi connectivity index (χ4n) is 2.52. The molecule has 1 amide bonds. The van der Waals surface area contributed by atoms with Crippen molar-refractivity contribution in [2.24, 2.45) is 0 Å². The SMILES string of the molecule is COc1ccccc1/C=C(\C#N)C(=O)Nc1ccc2c(c1)S(=O)(=O)C=C2. The van der Waals surface area contributed by atoms with Gasteiger partial charge in [0.15, 0.2) is 0 Å². The summed E-state index contributed by atoms with van der Waals surface area (Å²) in [6.45, 7) is 0. The van der Waals surface area contributed by atoms with Gasteiger partial charge in [0.25, 0.3) is 5.91 Å². The molecule has 130 valence electrons. The largest absolute Gasteiger partial charge is 0.496 e. The molecule has 2 aromatic carbocycles. The smallest absolute Gasteiger partial charge is 0.266 e. The standard InChI is InChI=1S/C19H14N2O4S/c1-25-17-5-3-2-4-14(17)10-15(12-20)19(22)21-16-7-6-13-8-9-26(23,24)18(13)11-16/h2-11H,1H3,(H,21,22)/b15-10+. The fourth-order valence-corrected chi connectivity index (χ4v) is 3.75. The second-order valence-corrected chi connectivity index (χ2v) is 7.27. The van der Waals surface area contributed by atoms with Crippen molar-refractivity contribution in [3.63, 3.8) is 0 Å². The van der Waals surface area contributed by atoms with E-state index in [1.807, 2.05) is 6.07 Å². The number of carbonyl (C=O) groups is 1. The molecule has 6 nitrogen and oxygen atoms in total. The predicted octanol–water partition coefficient (Wildman–Crippen LogP) is 3.00. The van der Waals surface area contributed by atoms with Gasteiger partial charge >= 0.3 is 0 Å². The van der Waals surface area contributed by atoms with Crippen molar-refractivity contribution in [2.45, 2.75) is 4.90 Å².